The molecule has 0 unspecified atom stereocenters. The van der Waals surface area contributed by atoms with Crippen molar-refractivity contribution in [1.29, 1.82) is 0 Å². The van der Waals surface area contributed by atoms with Crippen LogP contribution in [0, 0.1) is 5.82 Å². The maximum absolute atomic E-state index is 13.1. The van der Waals surface area contributed by atoms with Gasteiger partial charge in [0, 0.05) is 6.54 Å². The lowest BCUT2D eigenvalue weighted by Gasteiger charge is -2.07. The Hall–Kier alpha value is -2.45. The average Bonchev–Trinajstić information content (AvgIpc) is 2.62. The molecule has 2 aromatic carbocycles. The van der Waals surface area contributed by atoms with Crippen LogP contribution >= 0.6 is 15.9 Å². The molecule has 6 nitrogen and oxygen atoms in total. The number of methoxy groups -OCH3 is 1. The molecule has 8 heteroatoms. The quantitative estimate of drug-likeness (QED) is 0.484. The lowest BCUT2D eigenvalue weighted by Crippen LogP contribution is -2.16. The number of carboxylic acids is 2. The minimum absolute atomic E-state index is 0.230. The van der Waals surface area contributed by atoms with Gasteiger partial charge in [-0.15, -0.1) is 0 Å². The predicted octanol–water partition coefficient (Wildman–Crippen LogP) is 3.08. The summed E-state index contributed by atoms with van der Waals surface area (Å²) in [6.45, 7) is 1.61. The first-order chi connectivity index (χ1) is 12.3. The van der Waals surface area contributed by atoms with Crippen molar-refractivity contribution in [3.63, 3.8) is 0 Å². The maximum Gasteiger partial charge on any atom is 0.414 e. The van der Waals surface area contributed by atoms with E-state index in [0.29, 0.717) is 4.47 Å². The Morgan fingerprint density at radius 3 is 2.15 bits per heavy atom. The Labute approximate surface area is 158 Å². The molecule has 0 aliphatic rings. The summed E-state index contributed by atoms with van der Waals surface area (Å²) in [6, 6.07) is 13.1. The topological polar surface area (TPSA) is 95.9 Å². The lowest BCUT2D eigenvalue weighted by molar-refractivity contribution is -0.159. The Kier molecular flexibility index (Phi) is 9.32. The second-order valence-electron chi connectivity index (χ2n) is 5.13. The summed E-state index contributed by atoms with van der Waals surface area (Å²) in [5.74, 6) is -3.00. The van der Waals surface area contributed by atoms with Gasteiger partial charge >= 0.3 is 11.9 Å². The third-order valence-corrected chi connectivity index (χ3v) is 3.85. The van der Waals surface area contributed by atoms with Gasteiger partial charge in [0.05, 0.1) is 11.6 Å². The van der Waals surface area contributed by atoms with Gasteiger partial charge in [0.15, 0.2) is 0 Å². The fraction of sp³-hybridized carbons (Fsp3) is 0.222. The molecule has 0 saturated carbocycles. The van der Waals surface area contributed by atoms with E-state index >= 15 is 0 Å². The monoisotopic (exact) mass is 427 g/mol. The van der Waals surface area contributed by atoms with Crippen LogP contribution in [0.15, 0.2) is 46.9 Å². The van der Waals surface area contributed by atoms with E-state index in [4.69, 9.17) is 24.5 Å². The molecular weight excluding hydrogens is 409 g/mol. The highest BCUT2D eigenvalue weighted by Gasteiger charge is 2.04. The molecule has 2 aromatic rings. The summed E-state index contributed by atoms with van der Waals surface area (Å²) in [4.78, 5) is 18.2. The van der Waals surface area contributed by atoms with E-state index < -0.39 is 11.9 Å². The van der Waals surface area contributed by atoms with Crippen molar-refractivity contribution in [3.8, 4) is 5.75 Å². The SMILES string of the molecule is COc1ccc(CCNCc2ccc(F)c(Br)c2)cc1.O=C(O)C(=O)O. The highest BCUT2D eigenvalue weighted by atomic mass is 79.9. The van der Waals surface area contributed by atoms with Crippen LogP contribution in [0.4, 0.5) is 4.39 Å². The van der Waals surface area contributed by atoms with Gasteiger partial charge in [-0.25, -0.2) is 14.0 Å². The molecule has 3 N–H and O–H groups in total. The molecule has 0 aliphatic carbocycles. The first kappa shape index (κ1) is 21.6. The van der Waals surface area contributed by atoms with Crippen LogP contribution in [0.1, 0.15) is 11.1 Å². The summed E-state index contributed by atoms with van der Waals surface area (Å²) in [5.41, 5.74) is 2.33. The molecule has 26 heavy (non-hydrogen) atoms. The van der Waals surface area contributed by atoms with Gasteiger partial charge in [-0.1, -0.05) is 18.2 Å². The van der Waals surface area contributed by atoms with Crippen LogP contribution in [-0.2, 0) is 22.6 Å². The highest BCUT2D eigenvalue weighted by Crippen LogP contribution is 2.16. The maximum atomic E-state index is 13.1. The van der Waals surface area contributed by atoms with E-state index in [9.17, 15) is 4.39 Å². The fourth-order valence-corrected chi connectivity index (χ4v) is 2.33. The van der Waals surface area contributed by atoms with Crippen molar-refractivity contribution < 1.29 is 28.9 Å². The summed E-state index contributed by atoms with van der Waals surface area (Å²) >= 11 is 3.19. The lowest BCUT2D eigenvalue weighted by atomic mass is 10.1. The van der Waals surface area contributed by atoms with Crippen LogP contribution in [0.5, 0.6) is 5.75 Å². The van der Waals surface area contributed by atoms with Crippen molar-refractivity contribution in [2.24, 2.45) is 0 Å². The van der Waals surface area contributed by atoms with Gasteiger partial charge in [0.1, 0.15) is 11.6 Å². The Morgan fingerprint density at radius 1 is 1.08 bits per heavy atom. The Balaban J connectivity index is 0.000000487. The Morgan fingerprint density at radius 2 is 1.65 bits per heavy atom. The number of ether oxygens (including phenoxy) is 1. The number of benzene rings is 2. The second-order valence-corrected chi connectivity index (χ2v) is 5.99. The second kappa shape index (κ2) is 11.2. The molecule has 0 aliphatic heterocycles. The van der Waals surface area contributed by atoms with Gasteiger partial charge in [-0.2, -0.15) is 0 Å². The van der Waals surface area contributed by atoms with Gasteiger partial charge in [-0.05, 0) is 64.3 Å². The van der Waals surface area contributed by atoms with Crippen molar-refractivity contribution in [3.05, 3.63) is 63.9 Å². The number of nitrogens with one attached hydrogen (secondary N) is 1. The van der Waals surface area contributed by atoms with Gasteiger partial charge in [0.2, 0.25) is 0 Å². The van der Waals surface area contributed by atoms with Gasteiger partial charge in [-0.3, -0.25) is 0 Å². The smallest absolute Gasteiger partial charge is 0.414 e. The van der Waals surface area contributed by atoms with E-state index in [2.05, 4.69) is 33.4 Å². The third kappa shape index (κ3) is 8.09. The molecule has 0 saturated heterocycles. The van der Waals surface area contributed by atoms with Gasteiger partial charge in [0.25, 0.3) is 0 Å². The Bertz CT molecular complexity index is 725. The summed E-state index contributed by atoms with van der Waals surface area (Å²) in [5, 5.41) is 18.1. The van der Waals surface area contributed by atoms with Gasteiger partial charge < -0.3 is 20.3 Å². The minimum atomic E-state index is -1.82. The summed E-state index contributed by atoms with van der Waals surface area (Å²) in [6.07, 6.45) is 0.951. The minimum Gasteiger partial charge on any atom is -0.497 e. The van der Waals surface area contributed by atoms with Crippen LogP contribution < -0.4 is 10.1 Å². The summed E-state index contributed by atoms with van der Waals surface area (Å²) < 4.78 is 18.7. The largest absolute Gasteiger partial charge is 0.497 e. The van der Waals surface area contributed by atoms with Crippen LogP contribution in [0.2, 0.25) is 0 Å². The molecule has 0 radical (unpaired) electrons. The number of aliphatic carboxylic acids is 2. The highest BCUT2D eigenvalue weighted by molar-refractivity contribution is 9.10. The zero-order valence-electron chi connectivity index (χ0n) is 14.0. The predicted molar refractivity (Wildman–Crippen MR) is 97.8 cm³/mol. The molecule has 0 bridgehead atoms. The van der Waals surface area contributed by atoms with Crippen molar-refractivity contribution in [2.45, 2.75) is 13.0 Å². The first-order valence-corrected chi connectivity index (χ1v) is 8.36. The van der Waals surface area contributed by atoms with E-state index in [1.165, 1.54) is 11.6 Å². The average molecular weight is 428 g/mol. The number of hydrogen-bond donors (Lipinski definition) is 3. The van der Waals surface area contributed by atoms with E-state index in [-0.39, 0.29) is 5.82 Å². The fourth-order valence-electron chi connectivity index (χ4n) is 1.91. The molecular formula is C18H19BrFNO5. The molecule has 140 valence electrons. The van der Waals surface area contributed by atoms with Crippen LogP contribution in [-0.4, -0.2) is 35.8 Å². The number of carbonyl (C=O) groups is 2. The van der Waals surface area contributed by atoms with Crippen molar-refractivity contribution >= 4 is 27.9 Å². The molecule has 0 heterocycles. The number of rotatable bonds is 6. The van der Waals surface area contributed by atoms with Crippen LogP contribution in [0.3, 0.4) is 0 Å². The van der Waals surface area contributed by atoms with Crippen molar-refractivity contribution in [2.75, 3.05) is 13.7 Å². The van der Waals surface area contributed by atoms with E-state index in [1.807, 2.05) is 12.1 Å². The summed E-state index contributed by atoms with van der Waals surface area (Å²) in [7, 11) is 1.66. The number of halogens is 2. The van der Waals surface area contributed by atoms with Crippen molar-refractivity contribution in [1.82, 2.24) is 5.32 Å². The van der Waals surface area contributed by atoms with Crippen LogP contribution in [0.25, 0.3) is 0 Å². The normalized spacial score (nSPS) is 9.81. The molecule has 2 rings (SSSR count). The number of hydrogen-bond acceptors (Lipinski definition) is 4. The first-order valence-electron chi connectivity index (χ1n) is 7.57. The number of carboxylic acid groups (broad SMARTS) is 2. The third-order valence-electron chi connectivity index (χ3n) is 3.25. The zero-order valence-corrected chi connectivity index (χ0v) is 15.6. The molecule has 0 atom stereocenters. The molecule has 0 spiro atoms. The molecule has 0 amide bonds. The standard InChI is InChI=1S/C16H17BrFNO.C2H2O4/c1-20-14-5-2-12(3-6-14)8-9-19-11-13-4-7-16(18)15(17)10-13;3-1(4)2(5)6/h2-7,10,19H,8-9,11H2,1H3;(H,3,4)(H,5,6). The zero-order chi connectivity index (χ0) is 19.5. The van der Waals surface area contributed by atoms with E-state index in [0.717, 1.165) is 30.8 Å². The van der Waals surface area contributed by atoms with E-state index in [1.54, 1.807) is 19.2 Å². The molecule has 0 fully saturated rings. The molecule has 0 aromatic heterocycles.